The van der Waals surface area contributed by atoms with E-state index < -0.39 is 34.2 Å². The predicted octanol–water partition coefficient (Wildman–Crippen LogP) is 2.69. The average Bonchev–Trinajstić information content (AvgIpc) is 3.26. The number of thioether (sulfide) groups is 1. The molecule has 3 fully saturated rings. The van der Waals surface area contributed by atoms with Crippen molar-refractivity contribution in [1.29, 1.82) is 0 Å². The monoisotopic (exact) mass is 545 g/mol. The molecule has 0 aromatic rings. The van der Waals surface area contributed by atoms with E-state index in [1.54, 1.807) is 23.6 Å². The zero-order chi connectivity index (χ0) is 24.9. The van der Waals surface area contributed by atoms with Crippen molar-refractivity contribution >= 4 is 45.4 Å². The van der Waals surface area contributed by atoms with Gasteiger partial charge in [-0.1, -0.05) is 43.6 Å². The maximum Gasteiger partial charge on any atom is 0.244 e. The van der Waals surface area contributed by atoms with Gasteiger partial charge in [0.05, 0.1) is 29.2 Å². The van der Waals surface area contributed by atoms with Gasteiger partial charge in [-0.05, 0) is 45.4 Å². The largest absolute Gasteiger partial charge is 0.394 e. The second-order valence-corrected chi connectivity index (χ2v) is 14.6. The molecule has 1 spiro atoms. The summed E-state index contributed by atoms with van der Waals surface area (Å²) in [5, 5.41) is 16.1. The fourth-order valence-electron chi connectivity index (χ4n) is 6.37. The van der Waals surface area contributed by atoms with E-state index in [1.807, 2.05) is 20.8 Å². The molecule has 3 aliphatic heterocycles. The quantitative estimate of drug-likeness (QED) is 0.407. The zero-order valence-electron chi connectivity index (χ0n) is 20.9. The summed E-state index contributed by atoms with van der Waals surface area (Å²) in [5.41, 5.74) is -0.445. The molecule has 0 aromatic heterocycles. The number of carbonyl (C=O) groups is 3. The van der Waals surface area contributed by atoms with Crippen LogP contribution in [-0.4, -0.2) is 73.3 Å². The van der Waals surface area contributed by atoms with Crippen LogP contribution in [0.2, 0.25) is 0 Å². The van der Waals surface area contributed by atoms with E-state index in [0.29, 0.717) is 13.0 Å². The van der Waals surface area contributed by atoms with Gasteiger partial charge in [-0.3, -0.25) is 14.4 Å². The summed E-state index contributed by atoms with van der Waals surface area (Å²) in [7, 11) is 0. The van der Waals surface area contributed by atoms with Crippen molar-refractivity contribution in [3.63, 3.8) is 0 Å². The van der Waals surface area contributed by atoms with Crippen LogP contribution in [0.15, 0.2) is 0 Å². The summed E-state index contributed by atoms with van der Waals surface area (Å²) in [6.45, 7) is 14.5. The second kappa shape index (κ2) is 9.34. The summed E-state index contributed by atoms with van der Waals surface area (Å²) < 4.78 is -0.685. The normalized spacial score (nSPS) is 34.4. The van der Waals surface area contributed by atoms with Gasteiger partial charge >= 0.3 is 0 Å². The van der Waals surface area contributed by atoms with Gasteiger partial charge in [-0.25, -0.2) is 0 Å². The molecule has 0 saturated carbocycles. The third-order valence-corrected chi connectivity index (χ3v) is 10.2. The lowest BCUT2D eigenvalue weighted by Crippen LogP contribution is -2.60. The topological polar surface area (TPSA) is 98.7 Å². The van der Waals surface area contributed by atoms with Crippen molar-refractivity contribution in [2.24, 2.45) is 17.3 Å². The first-order valence-corrected chi connectivity index (χ1v) is 13.8. The Labute approximate surface area is 210 Å². The highest BCUT2D eigenvalue weighted by atomic mass is 79.9. The molecule has 3 amide bonds. The average molecular weight is 547 g/mol. The van der Waals surface area contributed by atoms with Crippen molar-refractivity contribution in [1.82, 2.24) is 15.5 Å². The van der Waals surface area contributed by atoms with Gasteiger partial charge in [0.1, 0.15) is 6.04 Å². The molecule has 33 heavy (non-hydrogen) atoms. The SMILES string of the molecule is CCCNC(=O)[C@H]1[C@@H]2SC3(CC2Br)C(C(=O)NC(C)(C)CC(C)(C)C)N([C@H](C)CO)C(=O)[C@H]13. The van der Waals surface area contributed by atoms with Crippen LogP contribution in [0.4, 0.5) is 0 Å². The Bertz CT molecular complexity index is 801. The maximum absolute atomic E-state index is 13.9. The molecule has 3 unspecified atom stereocenters. The summed E-state index contributed by atoms with van der Waals surface area (Å²) in [6.07, 6.45) is 2.24. The number of alkyl halides is 1. The maximum atomic E-state index is 13.9. The number of halogens is 1. The molecular formula is C24H40BrN3O4S. The molecular weight excluding hydrogens is 506 g/mol. The van der Waals surface area contributed by atoms with Crippen LogP contribution in [0.5, 0.6) is 0 Å². The highest BCUT2D eigenvalue weighted by Gasteiger charge is 2.76. The Balaban J connectivity index is 1.99. The number of carbonyl (C=O) groups excluding carboxylic acids is 3. The van der Waals surface area contributed by atoms with Crippen LogP contribution in [0, 0.1) is 17.3 Å². The Morgan fingerprint density at radius 2 is 1.91 bits per heavy atom. The van der Waals surface area contributed by atoms with E-state index in [0.717, 1.165) is 12.8 Å². The van der Waals surface area contributed by atoms with Gasteiger partial charge in [-0.2, -0.15) is 0 Å². The van der Waals surface area contributed by atoms with E-state index in [4.69, 9.17) is 0 Å². The smallest absolute Gasteiger partial charge is 0.244 e. The first kappa shape index (κ1) is 26.8. The fourth-order valence-corrected chi connectivity index (χ4v) is 9.97. The fraction of sp³-hybridized carbons (Fsp3) is 0.875. The molecule has 3 rings (SSSR count). The van der Waals surface area contributed by atoms with E-state index >= 15 is 0 Å². The lowest BCUT2D eigenvalue weighted by molar-refractivity contribution is -0.142. The highest BCUT2D eigenvalue weighted by Crippen LogP contribution is 2.67. The molecule has 0 aliphatic carbocycles. The van der Waals surface area contributed by atoms with Crippen molar-refractivity contribution < 1.29 is 19.5 Å². The molecule has 0 aromatic carbocycles. The van der Waals surface area contributed by atoms with E-state index in [9.17, 15) is 19.5 Å². The van der Waals surface area contributed by atoms with Crippen LogP contribution in [0.25, 0.3) is 0 Å². The summed E-state index contributed by atoms with van der Waals surface area (Å²) >= 11 is 5.39. The number of amides is 3. The predicted molar refractivity (Wildman–Crippen MR) is 135 cm³/mol. The Kier molecular flexibility index (Phi) is 7.58. The van der Waals surface area contributed by atoms with Crippen LogP contribution in [-0.2, 0) is 14.4 Å². The summed E-state index contributed by atoms with van der Waals surface area (Å²) in [4.78, 5) is 42.5. The van der Waals surface area contributed by atoms with Crippen molar-refractivity contribution in [2.45, 2.75) is 100 Å². The molecule has 3 aliphatic rings. The summed E-state index contributed by atoms with van der Waals surface area (Å²) in [5.74, 6) is -1.53. The summed E-state index contributed by atoms with van der Waals surface area (Å²) in [6, 6.07) is -1.23. The number of nitrogens with zero attached hydrogens (tertiary/aromatic N) is 1. The number of fused-ring (bicyclic) bond motifs is 1. The number of hydrogen-bond donors (Lipinski definition) is 3. The molecule has 188 valence electrons. The Morgan fingerprint density at radius 1 is 1.27 bits per heavy atom. The molecule has 9 heteroatoms. The molecule has 3 N–H and O–H groups in total. The van der Waals surface area contributed by atoms with Crippen molar-refractivity contribution in [2.75, 3.05) is 13.2 Å². The van der Waals surface area contributed by atoms with Gasteiger partial charge in [0, 0.05) is 22.2 Å². The third-order valence-electron chi connectivity index (χ3n) is 7.00. The molecule has 7 atom stereocenters. The molecule has 3 heterocycles. The van der Waals surface area contributed by atoms with Crippen LogP contribution >= 0.6 is 27.7 Å². The van der Waals surface area contributed by atoms with Gasteiger partial charge < -0.3 is 20.6 Å². The first-order valence-electron chi connectivity index (χ1n) is 12.0. The van der Waals surface area contributed by atoms with Gasteiger partial charge in [-0.15, -0.1) is 11.8 Å². The molecule has 0 radical (unpaired) electrons. The standard InChI is InChI=1S/C24H40BrN3O4S/c1-8-9-26-19(30)15-16-21(32)28(13(2)11-29)18(24(16)10-14(25)17(15)33-24)20(31)27-23(6,7)12-22(3,4)5/h13-18,29H,8-12H2,1-7H3,(H,26,30)(H,27,31)/t13-,14?,15-,16+,17-,18?,24?/m1/s1. The minimum absolute atomic E-state index is 0.0190. The number of likely N-dealkylation sites (tertiary alicyclic amines) is 1. The molecule has 3 saturated heterocycles. The van der Waals surface area contributed by atoms with E-state index in [-0.39, 0.29) is 39.8 Å². The molecule has 2 bridgehead atoms. The number of aliphatic hydroxyl groups excluding tert-OH is 1. The molecule has 7 nitrogen and oxygen atoms in total. The van der Waals surface area contributed by atoms with Gasteiger partial charge in [0.2, 0.25) is 17.7 Å². The minimum atomic E-state index is -0.726. The number of hydrogen-bond acceptors (Lipinski definition) is 5. The van der Waals surface area contributed by atoms with Crippen LogP contribution < -0.4 is 10.6 Å². The number of nitrogens with one attached hydrogen (secondary N) is 2. The minimum Gasteiger partial charge on any atom is -0.394 e. The van der Waals surface area contributed by atoms with Crippen LogP contribution in [0.3, 0.4) is 0 Å². The van der Waals surface area contributed by atoms with Crippen molar-refractivity contribution in [3.8, 4) is 0 Å². The second-order valence-electron chi connectivity index (χ2n) is 11.8. The third kappa shape index (κ3) is 4.83. The van der Waals surface area contributed by atoms with Gasteiger partial charge in [0.15, 0.2) is 0 Å². The first-order chi connectivity index (χ1) is 15.2. The van der Waals surface area contributed by atoms with Crippen molar-refractivity contribution in [3.05, 3.63) is 0 Å². The Hall–Kier alpha value is -0.800. The van der Waals surface area contributed by atoms with E-state index in [1.165, 1.54) is 0 Å². The lowest BCUT2D eigenvalue weighted by Gasteiger charge is -2.40. The highest BCUT2D eigenvalue weighted by molar-refractivity contribution is 9.09. The van der Waals surface area contributed by atoms with E-state index in [2.05, 4.69) is 47.3 Å². The Morgan fingerprint density at radius 3 is 2.45 bits per heavy atom. The number of aliphatic hydroxyl groups is 1. The van der Waals surface area contributed by atoms with Crippen LogP contribution in [0.1, 0.15) is 67.7 Å². The zero-order valence-corrected chi connectivity index (χ0v) is 23.3. The van der Waals surface area contributed by atoms with Gasteiger partial charge in [0.25, 0.3) is 0 Å². The lowest BCUT2D eigenvalue weighted by atomic mass is 9.70. The number of rotatable bonds is 8.